The molecular weight excluding hydrogens is 412 g/mol. The molecule has 2 aromatic carbocycles. The number of benzene rings is 2. The zero-order chi connectivity index (χ0) is 21.8. The summed E-state index contributed by atoms with van der Waals surface area (Å²) in [6.07, 6.45) is 0.768. The van der Waals surface area contributed by atoms with Crippen molar-refractivity contribution in [2.24, 2.45) is 0 Å². The lowest BCUT2D eigenvalue weighted by atomic mass is 9.97. The van der Waals surface area contributed by atoms with Crippen molar-refractivity contribution in [1.29, 1.82) is 0 Å². The molecule has 3 N–H and O–H groups in total. The minimum Gasteiger partial charge on any atom is -0.503 e. The third-order valence-corrected chi connectivity index (χ3v) is 5.41. The number of phenolic OH excluding ortho intramolecular Hbond substituents is 1. The van der Waals surface area contributed by atoms with E-state index in [0.717, 1.165) is 12.1 Å². The molecule has 3 heterocycles. The van der Waals surface area contributed by atoms with Gasteiger partial charge in [0, 0.05) is 24.5 Å². The molecule has 0 radical (unpaired) electrons. The van der Waals surface area contributed by atoms with Crippen LogP contribution in [0.1, 0.15) is 0 Å². The Morgan fingerprint density at radius 1 is 1.29 bits per heavy atom. The van der Waals surface area contributed by atoms with E-state index in [0.29, 0.717) is 42.0 Å². The highest BCUT2D eigenvalue weighted by molar-refractivity contribution is 6.00. The highest BCUT2D eigenvalue weighted by Gasteiger charge is 2.50. The van der Waals surface area contributed by atoms with Gasteiger partial charge in [0.2, 0.25) is 0 Å². The molecule has 2 fully saturated rings. The first-order chi connectivity index (χ1) is 14.9. The highest BCUT2D eigenvalue weighted by atomic mass is 19.1. The average Bonchev–Trinajstić information content (AvgIpc) is 3.11. The standard InChI is InChI=1S/C20H17F2N5O4/c1-30-15-5-13-10(4-14(15)27-8-20(6-23-7-20)31-19(27)29)18(25-9-24-13)26-12-3-2-11(21)17(28)16(12)22/h2-5,9,23,28H,6-8H2,1H3,(H,24,25,26). The summed E-state index contributed by atoms with van der Waals surface area (Å²) in [6, 6.07) is 5.36. The van der Waals surface area contributed by atoms with Crippen molar-refractivity contribution in [1.82, 2.24) is 15.3 Å². The Morgan fingerprint density at radius 3 is 2.77 bits per heavy atom. The summed E-state index contributed by atoms with van der Waals surface area (Å²) in [7, 11) is 1.48. The summed E-state index contributed by atoms with van der Waals surface area (Å²) < 4.78 is 38.7. The van der Waals surface area contributed by atoms with Gasteiger partial charge in [0.1, 0.15) is 17.9 Å². The van der Waals surface area contributed by atoms with Crippen molar-refractivity contribution >= 4 is 34.2 Å². The van der Waals surface area contributed by atoms with E-state index in [9.17, 15) is 18.7 Å². The van der Waals surface area contributed by atoms with Crippen molar-refractivity contribution in [3.63, 3.8) is 0 Å². The van der Waals surface area contributed by atoms with Crippen LogP contribution in [-0.4, -0.2) is 53.5 Å². The molecule has 160 valence electrons. The van der Waals surface area contributed by atoms with E-state index in [1.807, 2.05) is 0 Å². The number of hydrogen-bond donors (Lipinski definition) is 3. The molecule has 0 saturated carbocycles. The van der Waals surface area contributed by atoms with Gasteiger partial charge in [-0.15, -0.1) is 0 Å². The molecule has 11 heteroatoms. The predicted octanol–water partition coefficient (Wildman–Crippen LogP) is 2.66. The summed E-state index contributed by atoms with van der Waals surface area (Å²) in [5.74, 6) is -2.71. The van der Waals surface area contributed by atoms with Gasteiger partial charge in [-0.2, -0.15) is 0 Å². The Hall–Kier alpha value is -3.73. The zero-order valence-corrected chi connectivity index (χ0v) is 16.3. The number of hydrogen-bond acceptors (Lipinski definition) is 8. The number of nitrogens with zero attached hydrogens (tertiary/aromatic N) is 3. The number of carbonyl (C=O) groups is 1. The summed E-state index contributed by atoms with van der Waals surface area (Å²) in [5, 5.41) is 15.8. The molecule has 0 bridgehead atoms. The highest BCUT2D eigenvalue weighted by Crippen LogP contribution is 2.40. The molecule has 3 aromatic rings. The van der Waals surface area contributed by atoms with Gasteiger partial charge in [-0.1, -0.05) is 0 Å². The number of phenols is 1. The van der Waals surface area contributed by atoms with Crippen molar-refractivity contribution in [2.75, 3.05) is 37.0 Å². The first-order valence-corrected chi connectivity index (χ1v) is 9.39. The number of amides is 1. The normalized spacial score (nSPS) is 17.0. The summed E-state index contributed by atoms with van der Waals surface area (Å²) >= 11 is 0. The van der Waals surface area contributed by atoms with Crippen LogP contribution in [0, 0.1) is 11.6 Å². The second kappa shape index (κ2) is 6.91. The third-order valence-electron chi connectivity index (χ3n) is 5.41. The van der Waals surface area contributed by atoms with E-state index in [4.69, 9.17) is 9.47 Å². The van der Waals surface area contributed by atoms with Gasteiger partial charge in [0.25, 0.3) is 0 Å². The fourth-order valence-corrected chi connectivity index (χ4v) is 3.71. The quantitative estimate of drug-likeness (QED) is 0.581. The summed E-state index contributed by atoms with van der Waals surface area (Å²) in [4.78, 5) is 22.4. The third kappa shape index (κ3) is 3.05. The van der Waals surface area contributed by atoms with E-state index in [-0.39, 0.29) is 11.5 Å². The van der Waals surface area contributed by atoms with Crippen molar-refractivity contribution in [3.05, 3.63) is 42.2 Å². The van der Waals surface area contributed by atoms with Crippen LogP contribution in [0.3, 0.4) is 0 Å². The number of fused-ring (bicyclic) bond motifs is 1. The molecule has 2 saturated heterocycles. The Labute approximate surface area is 174 Å². The maximum absolute atomic E-state index is 14.3. The van der Waals surface area contributed by atoms with Crippen LogP contribution in [0.15, 0.2) is 30.6 Å². The first kappa shape index (κ1) is 19.2. The number of halogens is 2. The minimum absolute atomic E-state index is 0.170. The molecule has 1 spiro atoms. The number of aromatic hydroxyl groups is 1. The molecule has 0 aliphatic carbocycles. The Kier molecular flexibility index (Phi) is 4.29. The van der Waals surface area contributed by atoms with Crippen LogP contribution in [0.2, 0.25) is 0 Å². The van der Waals surface area contributed by atoms with E-state index in [1.165, 1.54) is 18.3 Å². The van der Waals surface area contributed by atoms with E-state index in [1.54, 1.807) is 12.1 Å². The average molecular weight is 429 g/mol. The maximum Gasteiger partial charge on any atom is 0.415 e. The molecule has 31 heavy (non-hydrogen) atoms. The predicted molar refractivity (Wildman–Crippen MR) is 107 cm³/mol. The number of aromatic nitrogens is 2. The maximum atomic E-state index is 14.3. The van der Waals surface area contributed by atoms with Crippen LogP contribution in [0.4, 0.5) is 30.8 Å². The molecule has 1 amide bonds. The molecule has 1 aromatic heterocycles. The van der Waals surface area contributed by atoms with E-state index < -0.39 is 29.1 Å². The van der Waals surface area contributed by atoms with Gasteiger partial charge in [-0.25, -0.2) is 23.5 Å². The van der Waals surface area contributed by atoms with Crippen LogP contribution in [0.25, 0.3) is 10.9 Å². The molecule has 0 atom stereocenters. The van der Waals surface area contributed by atoms with Gasteiger partial charge >= 0.3 is 6.09 Å². The lowest BCUT2D eigenvalue weighted by molar-refractivity contribution is 0.0142. The van der Waals surface area contributed by atoms with Crippen molar-refractivity contribution in [3.8, 4) is 11.5 Å². The smallest absolute Gasteiger partial charge is 0.415 e. The largest absolute Gasteiger partial charge is 0.503 e. The fraction of sp³-hybridized carbons (Fsp3) is 0.250. The Balaban J connectivity index is 1.59. The fourth-order valence-electron chi connectivity index (χ4n) is 3.71. The topological polar surface area (TPSA) is 109 Å². The molecular formula is C20H17F2N5O4. The molecule has 2 aliphatic rings. The van der Waals surface area contributed by atoms with Gasteiger partial charge in [-0.05, 0) is 18.2 Å². The van der Waals surface area contributed by atoms with Crippen molar-refractivity contribution in [2.45, 2.75) is 5.60 Å². The lowest BCUT2D eigenvalue weighted by Crippen LogP contribution is -2.61. The van der Waals surface area contributed by atoms with Crippen LogP contribution in [-0.2, 0) is 4.74 Å². The van der Waals surface area contributed by atoms with Crippen LogP contribution >= 0.6 is 0 Å². The summed E-state index contributed by atoms with van der Waals surface area (Å²) in [6.45, 7) is 1.47. The molecule has 0 unspecified atom stereocenters. The van der Waals surface area contributed by atoms with E-state index >= 15 is 0 Å². The monoisotopic (exact) mass is 429 g/mol. The molecule has 9 nitrogen and oxygen atoms in total. The zero-order valence-electron chi connectivity index (χ0n) is 16.3. The number of methoxy groups -OCH3 is 1. The minimum atomic E-state index is -1.15. The summed E-state index contributed by atoms with van der Waals surface area (Å²) in [5.41, 5.74) is 0.179. The molecule has 5 rings (SSSR count). The van der Waals surface area contributed by atoms with Gasteiger partial charge < -0.3 is 25.2 Å². The van der Waals surface area contributed by atoms with Crippen molar-refractivity contribution < 1.29 is 28.2 Å². The van der Waals surface area contributed by atoms with Crippen LogP contribution in [0.5, 0.6) is 11.5 Å². The van der Waals surface area contributed by atoms with Crippen LogP contribution < -0.4 is 20.3 Å². The van der Waals surface area contributed by atoms with Gasteiger partial charge in [0.15, 0.2) is 23.0 Å². The SMILES string of the molecule is COc1cc2ncnc(Nc3ccc(F)c(O)c3F)c2cc1N1CC2(CNC2)OC1=O. The number of ether oxygens (including phenoxy) is 2. The Morgan fingerprint density at radius 2 is 2.10 bits per heavy atom. The number of nitrogens with one attached hydrogen (secondary N) is 2. The number of anilines is 3. The lowest BCUT2D eigenvalue weighted by Gasteiger charge is -2.36. The first-order valence-electron chi connectivity index (χ1n) is 9.39. The second-order valence-electron chi connectivity index (χ2n) is 7.39. The van der Waals surface area contributed by atoms with Gasteiger partial charge in [0.05, 0.1) is 30.5 Å². The van der Waals surface area contributed by atoms with E-state index in [2.05, 4.69) is 20.6 Å². The number of carbonyl (C=O) groups excluding carboxylic acids is 1. The Bertz CT molecular complexity index is 1220. The number of rotatable bonds is 4. The van der Waals surface area contributed by atoms with Gasteiger partial charge in [-0.3, -0.25) is 4.90 Å². The molecule has 2 aliphatic heterocycles. The second-order valence-corrected chi connectivity index (χ2v) is 7.39.